The molecule has 0 radical (unpaired) electrons. The van der Waals surface area contributed by atoms with E-state index in [1.807, 2.05) is 0 Å². The molecule has 0 N–H and O–H groups in total. The Morgan fingerprint density at radius 3 is 2.39 bits per heavy atom. The van der Waals surface area contributed by atoms with Gasteiger partial charge in [-0.25, -0.2) is 0 Å². The van der Waals surface area contributed by atoms with E-state index >= 15 is 0 Å². The molecule has 0 aromatic heterocycles. The Balaban J connectivity index is 2.23. The summed E-state index contributed by atoms with van der Waals surface area (Å²) in [6.45, 7) is 10.7. The molecule has 23 heavy (non-hydrogen) atoms. The summed E-state index contributed by atoms with van der Waals surface area (Å²) in [5.41, 5.74) is 1.50. The van der Waals surface area contributed by atoms with Gasteiger partial charge in [0.1, 0.15) is 6.61 Å². The summed E-state index contributed by atoms with van der Waals surface area (Å²) in [6, 6.07) is 0. The van der Waals surface area contributed by atoms with Crippen LogP contribution in [0, 0.1) is 22.7 Å². The van der Waals surface area contributed by atoms with Crippen molar-refractivity contribution in [2.24, 2.45) is 22.7 Å². The molecule has 0 spiro atoms. The first kappa shape index (κ1) is 18.0. The molecule has 0 aromatic carbocycles. The smallest absolute Gasteiger partial charge is 0.302 e. The van der Waals surface area contributed by atoms with E-state index in [0.717, 1.165) is 12.8 Å². The Labute approximate surface area is 139 Å². The minimum Gasteiger partial charge on any atom is -0.466 e. The first-order valence-corrected chi connectivity index (χ1v) is 8.65. The third-order valence-corrected chi connectivity index (χ3v) is 5.95. The molecule has 2 aliphatic carbocycles. The van der Waals surface area contributed by atoms with Gasteiger partial charge in [-0.3, -0.25) is 9.59 Å². The summed E-state index contributed by atoms with van der Waals surface area (Å²) in [7, 11) is 0. The molecule has 0 saturated heterocycles. The van der Waals surface area contributed by atoms with Crippen LogP contribution in [-0.4, -0.2) is 25.2 Å². The summed E-state index contributed by atoms with van der Waals surface area (Å²) in [6.07, 6.45) is 6.70. The van der Waals surface area contributed by atoms with Gasteiger partial charge in [-0.15, -0.1) is 0 Å². The normalized spacial score (nSPS) is 32.0. The van der Waals surface area contributed by atoms with Gasteiger partial charge in [0, 0.05) is 13.8 Å². The van der Waals surface area contributed by atoms with Crippen molar-refractivity contribution in [1.82, 2.24) is 0 Å². The zero-order valence-electron chi connectivity index (χ0n) is 15.1. The van der Waals surface area contributed by atoms with Gasteiger partial charge in [0.05, 0.1) is 6.61 Å². The van der Waals surface area contributed by atoms with Crippen LogP contribution in [0.15, 0.2) is 11.6 Å². The van der Waals surface area contributed by atoms with Gasteiger partial charge in [-0.05, 0) is 47.5 Å². The third-order valence-electron chi connectivity index (χ3n) is 5.95. The van der Waals surface area contributed by atoms with E-state index in [1.54, 1.807) is 0 Å². The maximum Gasteiger partial charge on any atom is 0.302 e. The molecule has 1 fully saturated rings. The van der Waals surface area contributed by atoms with E-state index in [0.29, 0.717) is 25.0 Å². The van der Waals surface area contributed by atoms with Crippen LogP contribution < -0.4 is 0 Å². The van der Waals surface area contributed by atoms with Gasteiger partial charge in [0.2, 0.25) is 0 Å². The van der Waals surface area contributed by atoms with Gasteiger partial charge in [0.25, 0.3) is 0 Å². The maximum atomic E-state index is 11.2. The first-order chi connectivity index (χ1) is 10.7. The molecular formula is C19H30O4. The van der Waals surface area contributed by atoms with Crippen molar-refractivity contribution in [2.45, 2.75) is 60.3 Å². The van der Waals surface area contributed by atoms with Crippen molar-refractivity contribution in [3.05, 3.63) is 11.6 Å². The molecule has 2 aliphatic rings. The number of hydrogen-bond donors (Lipinski definition) is 0. The molecule has 4 heteroatoms. The van der Waals surface area contributed by atoms with Gasteiger partial charge in [-0.2, -0.15) is 0 Å². The molecule has 2 bridgehead atoms. The zero-order chi connectivity index (χ0) is 17.3. The average molecular weight is 322 g/mol. The van der Waals surface area contributed by atoms with Crippen LogP contribution in [0.1, 0.15) is 60.3 Å². The van der Waals surface area contributed by atoms with Crippen LogP contribution in [0.2, 0.25) is 0 Å². The molecule has 0 aromatic rings. The molecule has 0 aliphatic heterocycles. The highest BCUT2D eigenvalue weighted by atomic mass is 16.5. The first-order valence-electron chi connectivity index (χ1n) is 8.65. The fourth-order valence-electron chi connectivity index (χ4n) is 4.57. The SMILES string of the molecule is CC(=O)OCCC1C2C=C(COC(C)=O)C1(C)CCCC2(C)C. The van der Waals surface area contributed by atoms with Crippen LogP contribution in [0.4, 0.5) is 0 Å². The van der Waals surface area contributed by atoms with Gasteiger partial charge >= 0.3 is 11.9 Å². The Morgan fingerprint density at radius 2 is 1.78 bits per heavy atom. The molecule has 130 valence electrons. The number of fused-ring (bicyclic) bond motifs is 2. The number of ether oxygens (including phenoxy) is 2. The topological polar surface area (TPSA) is 52.6 Å². The Hall–Kier alpha value is -1.32. The van der Waals surface area contributed by atoms with Crippen LogP contribution in [0.25, 0.3) is 0 Å². The van der Waals surface area contributed by atoms with Crippen molar-refractivity contribution in [1.29, 1.82) is 0 Å². The third kappa shape index (κ3) is 3.78. The van der Waals surface area contributed by atoms with Crippen molar-refractivity contribution in [3.63, 3.8) is 0 Å². The number of hydrogen-bond acceptors (Lipinski definition) is 4. The van der Waals surface area contributed by atoms with Crippen molar-refractivity contribution in [2.75, 3.05) is 13.2 Å². The van der Waals surface area contributed by atoms with Crippen LogP contribution in [0.5, 0.6) is 0 Å². The van der Waals surface area contributed by atoms with Crippen molar-refractivity contribution < 1.29 is 19.1 Å². The number of allylic oxidation sites excluding steroid dienone is 1. The van der Waals surface area contributed by atoms with E-state index in [4.69, 9.17) is 9.47 Å². The lowest BCUT2D eigenvalue weighted by Crippen LogP contribution is -2.33. The summed E-state index contributed by atoms with van der Waals surface area (Å²) in [5.74, 6) is 0.425. The van der Waals surface area contributed by atoms with Crippen LogP contribution >= 0.6 is 0 Å². The van der Waals surface area contributed by atoms with Gasteiger partial charge in [0.15, 0.2) is 0 Å². The predicted octanol–water partition coefficient (Wildman–Crippen LogP) is 3.89. The van der Waals surface area contributed by atoms with E-state index < -0.39 is 0 Å². The second kappa shape index (κ2) is 6.66. The monoisotopic (exact) mass is 322 g/mol. The van der Waals surface area contributed by atoms with Crippen molar-refractivity contribution >= 4 is 11.9 Å². The molecule has 4 nitrogen and oxygen atoms in total. The van der Waals surface area contributed by atoms with E-state index in [-0.39, 0.29) is 22.8 Å². The summed E-state index contributed by atoms with van der Waals surface area (Å²) in [5, 5.41) is 0. The minimum absolute atomic E-state index is 0.0357. The second-order valence-electron chi connectivity index (χ2n) is 7.99. The fourth-order valence-corrected chi connectivity index (χ4v) is 4.57. The zero-order valence-corrected chi connectivity index (χ0v) is 15.1. The fraction of sp³-hybridized carbons (Fsp3) is 0.789. The molecule has 0 amide bonds. The van der Waals surface area contributed by atoms with Gasteiger partial charge in [-0.1, -0.05) is 33.3 Å². The van der Waals surface area contributed by atoms with Crippen molar-refractivity contribution in [3.8, 4) is 0 Å². The average Bonchev–Trinajstić information content (AvgIpc) is 2.64. The van der Waals surface area contributed by atoms with Crippen LogP contribution in [-0.2, 0) is 19.1 Å². The molecule has 3 atom stereocenters. The van der Waals surface area contributed by atoms with Gasteiger partial charge < -0.3 is 9.47 Å². The lowest BCUT2D eigenvalue weighted by molar-refractivity contribution is -0.142. The van der Waals surface area contributed by atoms with E-state index in [9.17, 15) is 9.59 Å². The highest BCUT2D eigenvalue weighted by molar-refractivity contribution is 5.66. The highest BCUT2D eigenvalue weighted by Gasteiger charge is 2.52. The minimum atomic E-state index is -0.232. The summed E-state index contributed by atoms with van der Waals surface area (Å²) in [4.78, 5) is 22.3. The lowest BCUT2D eigenvalue weighted by Gasteiger charge is -2.38. The highest BCUT2D eigenvalue weighted by Crippen LogP contribution is 2.60. The number of carbonyl (C=O) groups excluding carboxylic acids is 2. The summed E-state index contributed by atoms with van der Waals surface area (Å²) >= 11 is 0. The Kier molecular flexibility index (Phi) is 5.22. The molecule has 2 rings (SSSR count). The van der Waals surface area contributed by atoms with E-state index in [1.165, 1.54) is 32.3 Å². The molecular weight excluding hydrogens is 292 g/mol. The quantitative estimate of drug-likeness (QED) is 0.569. The van der Waals surface area contributed by atoms with E-state index in [2.05, 4.69) is 26.8 Å². The number of rotatable bonds is 5. The standard InChI is InChI=1S/C19H30O4/c1-13(20)22-10-7-16-17-11-15(12-23-14(2)21)19(16,5)9-6-8-18(17,3)4/h11,16-17H,6-10,12H2,1-5H3. The largest absolute Gasteiger partial charge is 0.466 e. The summed E-state index contributed by atoms with van der Waals surface area (Å²) < 4.78 is 10.5. The predicted molar refractivity (Wildman–Crippen MR) is 88.7 cm³/mol. The number of carbonyl (C=O) groups is 2. The molecule has 0 heterocycles. The number of esters is 2. The molecule has 1 saturated carbocycles. The van der Waals surface area contributed by atoms with Crippen LogP contribution in [0.3, 0.4) is 0 Å². The Bertz CT molecular complexity index is 505. The molecule has 3 unspecified atom stereocenters. The lowest BCUT2D eigenvalue weighted by atomic mass is 9.66. The second-order valence-corrected chi connectivity index (χ2v) is 7.99. The maximum absolute atomic E-state index is 11.2. The Morgan fingerprint density at radius 1 is 1.13 bits per heavy atom.